The van der Waals surface area contributed by atoms with Gasteiger partial charge in [-0.2, -0.15) is 0 Å². The van der Waals surface area contributed by atoms with E-state index in [1.54, 1.807) is 0 Å². The van der Waals surface area contributed by atoms with Gasteiger partial charge in [0.05, 0.1) is 6.10 Å². The first kappa shape index (κ1) is 27.1. The second kappa shape index (κ2) is 15.7. The zero-order chi connectivity index (χ0) is 23.2. The van der Waals surface area contributed by atoms with Gasteiger partial charge in [0.15, 0.2) is 0 Å². The topological polar surface area (TPSA) is 44.8 Å². The number of ether oxygens (including phenoxy) is 1. The number of urea groups is 1. The van der Waals surface area contributed by atoms with E-state index in [9.17, 15) is 4.79 Å². The third-order valence-electron chi connectivity index (χ3n) is 6.54. The molecular formula is C26H44BrN3O2. The summed E-state index contributed by atoms with van der Waals surface area (Å²) in [5.74, 6) is 0. The zero-order valence-corrected chi connectivity index (χ0v) is 22.0. The molecule has 0 aromatic heterocycles. The molecule has 0 atom stereocenters. The molecule has 2 rings (SSSR count). The number of carbonyl (C=O) groups is 1. The third-order valence-corrected chi connectivity index (χ3v) is 7.07. The van der Waals surface area contributed by atoms with Crippen molar-refractivity contribution in [2.75, 3.05) is 39.1 Å². The molecule has 6 heteroatoms. The Kier molecular flexibility index (Phi) is 13.3. The lowest BCUT2D eigenvalue weighted by molar-refractivity contribution is 0.0130. The fraction of sp³-hybridized carbons (Fsp3) is 0.731. The molecule has 0 spiro atoms. The summed E-state index contributed by atoms with van der Waals surface area (Å²) in [6, 6.07) is 7.95. The number of benzene rings is 1. The minimum Gasteiger partial charge on any atom is -0.378 e. The molecule has 1 N–H and O–H groups in total. The summed E-state index contributed by atoms with van der Waals surface area (Å²) in [5, 5.41) is 2.99. The number of carbonyl (C=O) groups excluding carboxylic acids is 1. The Bertz CT molecular complexity index is 632. The van der Waals surface area contributed by atoms with E-state index >= 15 is 0 Å². The molecule has 0 heterocycles. The first-order valence-electron chi connectivity index (χ1n) is 12.6. The summed E-state index contributed by atoms with van der Waals surface area (Å²) in [6.07, 6.45) is 13.5. The highest BCUT2D eigenvalue weighted by molar-refractivity contribution is 9.10. The van der Waals surface area contributed by atoms with Gasteiger partial charge in [-0.3, -0.25) is 0 Å². The highest BCUT2D eigenvalue weighted by atomic mass is 79.9. The van der Waals surface area contributed by atoms with Crippen LogP contribution in [0, 0.1) is 0 Å². The van der Waals surface area contributed by atoms with Gasteiger partial charge in [0.2, 0.25) is 0 Å². The van der Waals surface area contributed by atoms with Crippen molar-refractivity contribution in [3.05, 3.63) is 28.7 Å². The third kappa shape index (κ3) is 10.7. The number of nitrogens with one attached hydrogen (secondary N) is 1. The number of nitrogens with zero attached hydrogens (tertiary/aromatic N) is 2. The lowest BCUT2D eigenvalue weighted by Gasteiger charge is -2.34. The second-order valence-corrected chi connectivity index (χ2v) is 10.2. The predicted molar refractivity (Wildman–Crippen MR) is 138 cm³/mol. The summed E-state index contributed by atoms with van der Waals surface area (Å²) >= 11 is 3.42. The van der Waals surface area contributed by atoms with E-state index in [1.807, 2.05) is 36.2 Å². The Labute approximate surface area is 204 Å². The van der Waals surface area contributed by atoms with Crippen LogP contribution in [-0.4, -0.2) is 61.8 Å². The average Bonchev–Trinajstić information content (AvgIpc) is 2.80. The highest BCUT2D eigenvalue weighted by Gasteiger charge is 2.27. The summed E-state index contributed by atoms with van der Waals surface area (Å²) in [5.41, 5.74) is 0.824. The van der Waals surface area contributed by atoms with Gasteiger partial charge in [-0.15, -0.1) is 0 Å². The van der Waals surface area contributed by atoms with Gasteiger partial charge in [-0.25, -0.2) is 4.79 Å². The van der Waals surface area contributed by atoms with Crippen LogP contribution in [0.25, 0.3) is 0 Å². The monoisotopic (exact) mass is 509 g/mol. The van der Waals surface area contributed by atoms with E-state index in [0.717, 1.165) is 48.9 Å². The Balaban J connectivity index is 1.50. The second-order valence-electron chi connectivity index (χ2n) is 9.27. The number of rotatable bonds is 14. The largest absolute Gasteiger partial charge is 0.378 e. The zero-order valence-electron chi connectivity index (χ0n) is 20.5. The smallest absolute Gasteiger partial charge is 0.321 e. The van der Waals surface area contributed by atoms with Crippen molar-refractivity contribution in [2.45, 2.75) is 89.7 Å². The van der Waals surface area contributed by atoms with Gasteiger partial charge >= 0.3 is 6.03 Å². The first-order valence-corrected chi connectivity index (χ1v) is 13.4. The summed E-state index contributed by atoms with van der Waals surface area (Å²) in [6.45, 7) is 5.59. The summed E-state index contributed by atoms with van der Waals surface area (Å²) in [7, 11) is 4.15. The van der Waals surface area contributed by atoms with Crippen LogP contribution in [0.2, 0.25) is 0 Å². The first-order chi connectivity index (χ1) is 15.5. The Morgan fingerprint density at radius 3 is 2.25 bits per heavy atom. The minimum atomic E-state index is -0.0345. The van der Waals surface area contributed by atoms with Crippen molar-refractivity contribution in [1.82, 2.24) is 9.80 Å². The van der Waals surface area contributed by atoms with E-state index in [1.165, 1.54) is 51.6 Å². The predicted octanol–water partition coefficient (Wildman–Crippen LogP) is 6.92. The Hall–Kier alpha value is -1.11. The van der Waals surface area contributed by atoms with Crippen LogP contribution in [0.15, 0.2) is 28.7 Å². The van der Waals surface area contributed by atoms with Crippen LogP contribution in [0.5, 0.6) is 0 Å². The van der Waals surface area contributed by atoms with Crippen molar-refractivity contribution < 1.29 is 9.53 Å². The van der Waals surface area contributed by atoms with Crippen molar-refractivity contribution in [1.29, 1.82) is 0 Å². The maximum Gasteiger partial charge on any atom is 0.321 e. The molecule has 0 bridgehead atoms. The Morgan fingerprint density at radius 2 is 1.59 bits per heavy atom. The number of hydrogen-bond donors (Lipinski definition) is 1. The number of anilines is 1. The van der Waals surface area contributed by atoms with Crippen molar-refractivity contribution in [3.8, 4) is 0 Å². The molecule has 1 aromatic carbocycles. The molecule has 0 saturated heterocycles. The van der Waals surface area contributed by atoms with Gasteiger partial charge in [-0.1, -0.05) is 48.5 Å². The van der Waals surface area contributed by atoms with Crippen LogP contribution in [0.1, 0.15) is 77.6 Å². The van der Waals surface area contributed by atoms with Gasteiger partial charge in [0, 0.05) is 29.9 Å². The van der Waals surface area contributed by atoms with Crippen LogP contribution in [0.3, 0.4) is 0 Å². The molecule has 32 heavy (non-hydrogen) atoms. The lowest BCUT2D eigenvalue weighted by atomic mass is 9.92. The molecule has 5 nitrogen and oxygen atoms in total. The normalized spacial score (nSPS) is 18.7. The van der Waals surface area contributed by atoms with E-state index in [2.05, 4.69) is 40.1 Å². The van der Waals surface area contributed by atoms with Gasteiger partial charge in [0.1, 0.15) is 0 Å². The number of unbranched alkanes of at least 4 members (excludes halogenated alkanes) is 5. The molecular weight excluding hydrogens is 466 g/mol. The van der Waals surface area contributed by atoms with Crippen molar-refractivity contribution in [3.63, 3.8) is 0 Å². The van der Waals surface area contributed by atoms with Crippen molar-refractivity contribution in [2.24, 2.45) is 0 Å². The fourth-order valence-corrected chi connectivity index (χ4v) is 4.61. The van der Waals surface area contributed by atoms with Crippen LogP contribution >= 0.6 is 15.9 Å². The van der Waals surface area contributed by atoms with Crippen molar-refractivity contribution >= 4 is 27.6 Å². The van der Waals surface area contributed by atoms with E-state index < -0.39 is 0 Å². The van der Waals surface area contributed by atoms with Gasteiger partial charge < -0.3 is 19.9 Å². The van der Waals surface area contributed by atoms with Crippen LogP contribution in [0.4, 0.5) is 10.5 Å². The van der Waals surface area contributed by atoms with E-state index in [-0.39, 0.29) is 6.03 Å². The number of halogens is 1. The maximum absolute atomic E-state index is 12.6. The maximum atomic E-state index is 12.6. The minimum absolute atomic E-state index is 0.0345. The molecule has 1 saturated carbocycles. The Morgan fingerprint density at radius 1 is 0.969 bits per heavy atom. The molecule has 0 radical (unpaired) electrons. The molecule has 0 unspecified atom stereocenters. The number of hydrogen-bond acceptors (Lipinski definition) is 3. The molecule has 0 aliphatic heterocycles. The summed E-state index contributed by atoms with van der Waals surface area (Å²) in [4.78, 5) is 16.9. The quantitative estimate of drug-likeness (QED) is 0.276. The molecule has 182 valence electrons. The van der Waals surface area contributed by atoms with Crippen LogP contribution < -0.4 is 5.32 Å². The molecule has 2 amide bonds. The lowest BCUT2D eigenvalue weighted by Crippen LogP contribution is -2.42. The summed E-state index contributed by atoms with van der Waals surface area (Å²) < 4.78 is 7.14. The average molecular weight is 511 g/mol. The molecule has 1 aliphatic rings. The molecule has 1 fully saturated rings. The van der Waals surface area contributed by atoms with E-state index in [4.69, 9.17) is 4.74 Å². The fourth-order valence-electron chi connectivity index (χ4n) is 4.34. The molecule has 1 aliphatic carbocycles. The molecule has 1 aromatic rings. The highest BCUT2D eigenvalue weighted by Crippen LogP contribution is 2.25. The standard InChI is InChI=1S/C26H44BrN3O2/c1-4-5-8-19-29(2)20-9-6-7-10-21-32-25-17-15-24(16-18-25)30(3)26(31)28-23-13-11-22(27)12-14-23/h11-14,24-25H,4-10,15-21H2,1-3H3,(H,28,31). The van der Waals surface area contributed by atoms with Gasteiger partial charge in [-0.05, 0) is 89.3 Å². The SMILES string of the molecule is CCCCCN(C)CCCCCCOC1CCC(N(C)C(=O)Nc2ccc(Br)cc2)CC1. The van der Waals surface area contributed by atoms with Gasteiger partial charge in [0.25, 0.3) is 0 Å². The van der Waals surface area contributed by atoms with E-state index in [0.29, 0.717) is 12.1 Å². The number of amides is 2. The van der Waals surface area contributed by atoms with Crippen LogP contribution in [-0.2, 0) is 4.74 Å².